The van der Waals surface area contributed by atoms with E-state index in [4.69, 9.17) is 9.39 Å². The molecule has 2 aliphatic heterocycles. The Kier molecular flexibility index (Phi) is 8.73. The zero-order valence-corrected chi connectivity index (χ0v) is 25.3. The fourth-order valence-electron chi connectivity index (χ4n) is 6.73. The molecule has 2 N–H and O–H groups in total. The first-order chi connectivity index (χ1) is 19.2. The highest BCUT2D eigenvalue weighted by atomic mass is 127. The van der Waals surface area contributed by atoms with Crippen LogP contribution in [0.5, 0.6) is 11.5 Å². The van der Waals surface area contributed by atoms with Gasteiger partial charge in [-0.3, -0.25) is 14.5 Å². The van der Waals surface area contributed by atoms with E-state index in [9.17, 15) is 19.7 Å². The van der Waals surface area contributed by atoms with E-state index >= 15 is 0 Å². The number of halogens is 1. The lowest BCUT2D eigenvalue weighted by atomic mass is 9.58. The molecule has 0 aromatic heterocycles. The summed E-state index contributed by atoms with van der Waals surface area (Å²) in [5.74, 6) is -0.666. The molecule has 2 amide bonds. The fraction of sp³-hybridized carbons (Fsp3) is 0.419. The lowest BCUT2D eigenvalue weighted by molar-refractivity contribution is -0.138. The summed E-state index contributed by atoms with van der Waals surface area (Å²) < 4.78 is 12.3. The highest BCUT2D eigenvalue weighted by Crippen LogP contribution is 2.51. The Morgan fingerprint density at radius 2 is 1.95 bits per heavy atom. The summed E-state index contributed by atoms with van der Waals surface area (Å²) >= 11 is 2.10. The standard InChI is InChI=1S/C31H35BINO6/c1-4-8-21-16-22-28(31(37)34(2)30(22)36)23-17-32(38)40-25(27(21)23)12-11-20(19-9-6-5-7-10-19)13-18-14-24(33)29(35)26(15-18)39-3/h5-7,9-10,13-15,22-23,25,28,35,38H,4,8,11-12,16-17H2,1-3H3/b20-13-/t22-,23+,25-,28-/m1/s1. The highest BCUT2D eigenvalue weighted by molar-refractivity contribution is 14.1. The first-order valence-corrected chi connectivity index (χ1v) is 15.0. The van der Waals surface area contributed by atoms with Gasteiger partial charge < -0.3 is 19.5 Å². The second-order valence-corrected chi connectivity index (χ2v) is 12.1. The average Bonchev–Trinajstić information content (AvgIpc) is 3.16. The smallest absolute Gasteiger partial charge is 0.455 e. The van der Waals surface area contributed by atoms with Crippen LogP contribution >= 0.6 is 22.6 Å². The third-order valence-electron chi connectivity index (χ3n) is 8.51. The lowest BCUT2D eigenvalue weighted by Gasteiger charge is -2.43. The van der Waals surface area contributed by atoms with Gasteiger partial charge in [0.05, 0.1) is 28.6 Å². The number of fused-ring (bicyclic) bond motifs is 3. The summed E-state index contributed by atoms with van der Waals surface area (Å²) in [5, 5.41) is 21.1. The minimum Gasteiger partial charge on any atom is -0.504 e. The van der Waals surface area contributed by atoms with Crippen LogP contribution in [0.25, 0.3) is 11.6 Å². The van der Waals surface area contributed by atoms with E-state index in [2.05, 4.69) is 47.7 Å². The van der Waals surface area contributed by atoms with Crippen molar-refractivity contribution in [1.29, 1.82) is 0 Å². The van der Waals surface area contributed by atoms with Crippen LogP contribution in [-0.4, -0.2) is 54.2 Å². The normalized spacial score (nSPS) is 24.9. The Balaban J connectivity index is 1.50. The number of nitrogens with zero attached hydrogens (tertiary/aromatic N) is 1. The number of imide groups is 1. The molecule has 1 aliphatic carbocycles. The maximum atomic E-state index is 13.2. The van der Waals surface area contributed by atoms with Crippen molar-refractivity contribution in [3.63, 3.8) is 0 Å². The van der Waals surface area contributed by atoms with Gasteiger partial charge in [-0.2, -0.15) is 0 Å². The SMILES string of the molecule is CCCC1=C2[C@@H](CC/C(=C/c3cc(I)c(O)c(OC)c3)c3ccccc3)OB(O)C[C@@H]2[C@@H]2C(=O)N(C)C(=O)[C@@H]2C1. The largest absolute Gasteiger partial charge is 0.504 e. The second-order valence-electron chi connectivity index (χ2n) is 10.9. The van der Waals surface area contributed by atoms with Gasteiger partial charge in [-0.1, -0.05) is 55.3 Å². The van der Waals surface area contributed by atoms with Crippen LogP contribution in [0.4, 0.5) is 0 Å². The molecule has 2 saturated heterocycles. The predicted molar refractivity (Wildman–Crippen MR) is 163 cm³/mol. The maximum Gasteiger partial charge on any atom is 0.455 e. The lowest BCUT2D eigenvalue weighted by Crippen LogP contribution is -2.46. The van der Waals surface area contributed by atoms with E-state index in [0.717, 1.165) is 35.1 Å². The van der Waals surface area contributed by atoms with Crippen molar-refractivity contribution in [2.24, 2.45) is 17.8 Å². The van der Waals surface area contributed by atoms with Crippen molar-refractivity contribution < 1.29 is 29.1 Å². The Bertz CT molecular complexity index is 1360. The number of amides is 2. The van der Waals surface area contributed by atoms with Crippen LogP contribution in [0, 0.1) is 21.3 Å². The van der Waals surface area contributed by atoms with Gasteiger partial charge in [-0.15, -0.1) is 0 Å². The van der Waals surface area contributed by atoms with Gasteiger partial charge >= 0.3 is 7.12 Å². The van der Waals surface area contributed by atoms with Crippen LogP contribution in [-0.2, 0) is 14.2 Å². The van der Waals surface area contributed by atoms with E-state index in [0.29, 0.717) is 34.9 Å². The van der Waals surface area contributed by atoms with Gasteiger partial charge in [0.25, 0.3) is 0 Å². The highest BCUT2D eigenvalue weighted by Gasteiger charge is 2.56. The summed E-state index contributed by atoms with van der Waals surface area (Å²) in [6.45, 7) is 2.12. The van der Waals surface area contributed by atoms with Gasteiger partial charge in [-0.05, 0) is 94.9 Å². The zero-order chi connectivity index (χ0) is 28.6. The first-order valence-electron chi connectivity index (χ1n) is 13.9. The van der Waals surface area contributed by atoms with Crippen LogP contribution < -0.4 is 4.74 Å². The molecule has 9 heteroatoms. The first kappa shape index (κ1) is 28.9. The Morgan fingerprint density at radius 1 is 1.20 bits per heavy atom. The molecule has 40 heavy (non-hydrogen) atoms. The Hall–Kier alpha value is -2.63. The molecule has 0 saturated carbocycles. The molecular weight excluding hydrogens is 620 g/mol. The summed E-state index contributed by atoms with van der Waals surface area (Å²) in [7, 11) is 2.13. The molecule has 2 aromatic carbocycles. The molecule has 2 heterocycles. The minimum absolute atomic E-state index is 0.103. The molecule has 4 atom stereocenters. The fourth-order valence-corrected chi connectivity index (χ4v) is 7.36. The zero-order valence-electron chi connectivity index (χ0n) is 23.1. The number of carbonyl (C=O) groups is 2. The van der Waals surface area contributed by atoms with Crippen molar-refractivity contribution in [2.75, 3.05) is 14.2 Å². The number of aromatic hydroxyl groups is 1. The van der Waals surface area contributed by atoms with Crippen LogP contribution in [0.2, 0.25) is 6.32 Å². The van der Waals surface area contributed by atoms with Gasteiger partial charge in [-0.25, -0.2) is 0 Å². The van der Waals surface area contributed by atoms with Gasteiger partial charge in [0.2, 0.25) is 11.8 Å². The number of allylic oxidation sites excluding steroid dienone is 2. The third kappa shape index (κ3) is 5.48. The van der Waals surface area contributed by atoms with Gasteiger partial charge in [0.15, 0.2) is 11.5 Å². The molecule has 0 radical (unpaired) electrons. The average molecular weight is 655 g/mol. The van der Waals surface area contributed by atoms with Gasteiger partial charge in [0.1, 0.15) is 0 Å². The molecule has 0 unspecified atom stereocenters. The van der Waals surface area contributed by atoms with Crippen LogP contribution in [0.3, 0.4) is 0 Å². The molecule has 0 bridgehead atoms. The number of ether oxygens (including phenoxy) is 1. The number of phenolic OH excluding ortho intramolecular Hbond substituents is 1. The van der Waals surface area contributed by atoms with E-state index < -0.39 is 13.0 Å². The number of hydrogen-bond donors (Lipinski definition) is 2. The van der Waals surface area contributed by atoms with E-state index in [1.165, 1.54) is 17.6 Å². The Morgan fingerprint density at radius 3 is 2.65 bits per heavy atom. The van der Waals surface area contributed by atoms with Crippen LogP contribution in [0.15, 0.2) is 53.6 Å². The quantitative estimate of drug-likeness (QED) is 0.127. The monoisotopic (exact) mass is 655 g/mol. The molecule has 2 aromatic rings. The topological polar surface area (TPSA) is 96.3 Å². The number of rotatable bonds is 8. The summed E-state index contributed by atoms with van der Waals surface area (Å²) in [4.78, 5) is 27.4. The second kappa shape index (κ2) is 12.1. The van der Waals surface area contributed by atoms with Crippen LogP contribution in [0.1, 0.15) is 50.2 Å². The Labute approximate surface area is 249 Å². The maximum absolute atomic E-state index is 13.2. The van der Waals surface area contributed by atoms with E-state index in [1.54, 1.807) is 7.05 Å². The van der Waals surface area contributed by atoms with Gasteiger partial charge in [0, 0.05) is 7.05 Å². The van der Waals surface area contributed by atoms with Crippen molar-refractivity contribution in [3.05, 3.63) is 68.3 Å². The summed E-state index contributed by atoms with van der Waals surface area (Å²) in [5.41, 5.74) is 5.40. The summed E-state index contributed by atoms with van der Waals surface area (Å²) in [6.07, 6.45) is 5.75. The minimum atomic E-state index is -0.985. The molecule has 5 rings (SSSR count). The van der Waals surface area contributed by atoms with Crippen molar-refractivity contribution >= 4 is 53.2 Å². The molecule has 210 valence electrons. The number of likely N-dealkylation sites (tertiary alicyclic amines) is 1. The number of methoxy groups -OCH3 is 1. The van der Waals surface area contributed by atoms with E-state index in [1.807, 2.05) is 30.3 Å². The molecule has 3 aliphatic rings. The molecular formula is C31H35BINO6. The summed E-state index contributed by atoms with van der Waals surface area (Å²) in [6, 6.07) is 13.9. The van der Waals surface area contributed by atoms with Crippen molar-refractivity contribution in [3.8, 4) is 11.5 Å². The number of hydrogen-bond acceptors (Lipinski definition) is 6. The molecule has 7 nitrogen and oxygen atoms in total. The number of phenols is 1. The predicted octanol–water partition coefficient (Wildman–Crippen LogP) is 5.55. The van der Waals surface area contributed by atoms with Crippen molar-refractivity contribution in [2.45, 2.75) is 51.5 Å². The van der Waals surface area contributed by atoms with Crippen molar-refractivity contribution in [1.82, 2.24) is 4.90 Å². The molecule has 2 fully saturated rings. The van der Waals surface area contributed by atoms with E-state index in [-0.39, 0.29) is 35.5 Å². The number of carbonyl (C=O) groups excluding carboxylic acids is 2. The number of benzene rings is 2. The third-order valence-corrected chi connectivity index (χ3v) is 9.33. The molecule has 0 spiro atoms.